The molecule has 64 valence electrons. The molecule has 0 bridgehead atoms. The van der Waals surface area contributed by atoms with Gasteiger partial charge in [0, 0.05) is 11.8 Å². The second-order valence-electron chi connectivity index (χ2n) is 2.75. The summed E-state index contributed by atoms with van der Waals surface area (Å²) in [4.78, 5) is 10.9. The first-order chi connectivity index (χ1) is 5.20. The summed E-state index contributed by atoms with van der Waals surface area (Å²) in [6.07, 6.45) is 0.156. The fourth-order valence-electron chi connectivity index (χ4n) is 0.970. The fraction of sp³-hybridized carbons (Fsp3) is 0.857. The van der Waals surface area contributed by atoms with Gasteiger partial charge in [-0.15, -0.1) is 0 Å². The zero-order chi connectivity index (χ0) is 8.27. The van der Waals surface area contributed by atoms with E-state index in [9.17, 15) is 4.79 Å². The molecule has 1 unspecified atom stereocenters. The van der Waals surface area contributed by atoms with Crippen molar-refractivity contribution in [3.63, 3.8) is 0 Å². The predicted octanol–water partition coefficient (Wildman–Crippen LogP) is -0.0111. The maximum atomic E-state index is 10.9. The summed E-state index contributed by atoms with van der Waals surface area (Å²) in [7, 11) is 0. The molecule has 1 heterocycles. The molecule has 1 fully saturated rings. The summed E-state index contributed by atoms with van der Waals surface area (Å²) in [6.45, 7) is 1.48. The molecule has 0 saturated carbocycles. The Hall–Kier alpha value is -0.220. The Labute approximate surface area is 70.6 Å². The molecule has 3 nitrogen and oxygen atoms in total. The molecule has 0 aromatic heterocycles. The highest BCUT2D eigenvalue weighted by molar-refractivity contribution is 7.99. The van der Waals surface area contributed by atoms with Gasteiger partial charge in [0.25, 0.3) is 0 Å². The topological polar surface area (TPSA) is 49.3 Å². The van der Waals surface area contributed by atoms with Crippen molar-refractivity contribution in [3.8, 4) is 0 Å². The second kappa shape index (κ2) is 3.97. The van der Waals surface area contributed by atoms with E-state index in [2.05, 4.69) is 5.32 Å². The molecule has 0 radical (unpaired) electrons. The van der Waals surface area contributed by atoms with E-state index in [0.717, 1.165) is 17.9 Å². The Morgan fingerprint density at radius 1 is 1.82 bits per heavy atom. The number of aliphatic hydroxyl groups excluding tert-OH is 1. The van der Waals surface area contributed by atoms with Gasteiger partial charge in [-0.1, -0.05) is 0 Å². The van der Waals surface area contributed by atoms with Gasteiger partial charge in [-0.3, -0.25) is 4.79 Å². The van der Waals surface area contributed by atoms with E-state index < -0.39 is 6.10 Å². The zero-order valence-corrected chi connectivity index (χ0v) is 7.36. The lowest BCUT2D eigenvalue weighted by molar-refractivity contribution is -0.129. The largest absolute Gasteiger partial charge is 0.384 e. The van der Waals surface area contributed by atoms with Crippen LogP contribution in [0.4, 0.5) is 0 Å². The van der Waals surface area contributed by atoms with E-state index in [1.54, 1.807) is 0 Å². The minimum absolute atomic E-state index is 0.252. The van der Waals surface area contributed by atoms with E-state index in [1.165, 1.54) is 6.92 Å². The number of amides is 1. The fourth-order valence-corrected chi connectivity index (χ4v) is 2.12. The zero-order valence-electron chi connectivity index (χ0n) is 6.54. The SMILES string of the molecule is C[C@H](O)C(=O)NC1CCSC1. The molecule has 0 spiro atoms. The Bertz CT molecular complexity index is 143. The molecule has 0 aromatic rings. The lowest BCUT2D eigenvalue weighted by Gasteiger charge is -2.12. The number of hydrogen-bond acceptors (Lipinski definition) is 3. The van der Waals surface area contributed by atoms with Gasteiger partial charge in [0.05, 0.1) is 0 Å². The molecule has 1 saturated heterocycles. The number of carbonyl (C=O) groups is 1. The summed E-state index contributed by atoms with van der Waals surface area (Å²) in [5.41, 5.74) is 0. The van der Waals surface area contributed by atoms with Crippen LogP contribution in [0.3, 0.4) is 0 Å². The van der Waals surface area contributed by atoms with Crippen LogP contribution >= 0.6 is 11.8 Å². The molecule has 1 aliphatic rings. The maximum absolute atomic E-state index is 10.9. The van der Waals surface area contributed by atoms with Crippen molar-refractivity contribution in [2.24, 2.45) is 0 Å². The van der Waals surface area contributed by atoms with Crippen LogP contribution in [0.2, 0.25) is 0 Å². The van der Waals surface area contributed by atoms with Gasteiger partial charge >= 0.3 is 0 Å². The van der Waals surface area contributed by atoms with Crippen LogP contribution in [0, 0.1) is 0 Å². The number of rotatable bonds is 2. The molecular weight excluding hydrogens is 162 g/mol. The normalized spacial score (nSPS) is 26.5. The second-order valence-corrected chi connectivity index (χ2v) is 3.89. The number of aliphatic hydroxyl groups is 1. The summed E-state index contributed by atoms with van der Waals surface area (Å²) in [6, 6.07) is 0.280. The molecule has 1 aliphatic heterocycles. The molecule has 1 rings (SSSR count). The van der Waals surface area contributed by atoms with Crippen LogP contribution in [0.5, 0.6) is 0 Å². The highest BCUT2D eigenvalue weighted by Gasteiger charge is 2.19. The quantitative estimate of drug-likeness (QED) is 0.620. The lowest BCUT2D eigenvalue weighted by Crippen LogP contribution is -2.40. The van der Waals surface area contributed by atoms with Crippen LogP contribution in [0.15, 0.2) is 0 Å². The van der Waals surface area contributed by atoms with Crippen LogP contribution in [-0.2, 0) is 4.79 Å². The van der Waals surface area contributed by atoms with Crippen molar-refractivity contribution in [1.82, 2.24) is 5.32 Å². The molecule has 4 heteroatoms. The van der Waals surface area contributed by atoms with Crippen LogP contribution in [0.1, 0.15) is 13.3 Å². The van der Waals surface area contributed by atoms with Gasteiger partial charge in [-0.25, -0.2) is 0 Å². The number of carbonyl (C=O) groups excluding carboxylic acids is 1. The van der Waals surface area contributed by atoms with E-state index in [0.29, 0.717) is 0 Å². The number of hydrogen-bond donors (Lipinski definition) is 2. The lowest BCUT2D eigenvalue weighted by atomic mass is 10.2. The Kier molecular flexibility index (Phi) is 3.20. The molecule has 1 amide bonds. The summed E-state index contributed by atoms with van der Waals surface area (Å²) in [5.74, 6) is 1.85. The first-order valence-electron chi connectivity index (χ1n) is 3.76. The van der Waals surface area contributed by atoms with Crippen molar-refractivity contribution in [3.05, 3.63) is 0 Å². The van der Waals surface area contributed by atoms with Gasteiger partial charge in [-0.2, -0.15) is 11.8 Å². The van der Waals surface area contributed by atoms with E-state index in [1.807, 2.05) is 11.8 Å². The molecule has 0 aromatic carbocycles. The summed E-state index contributed by atoms with van der Waals surface area (Å²) >= 11 is 1.84. The van der Waals surface area contributed by atoms with Crippen molar-refractivity contribution in [2.75, 3.05) is 11.5 Å². The molecular formula is C7H13NO2S. The monoisotopic (exact) mass is 175 g/mol. The smallest absolute Gasteiger partial charge is 0.248 e. The van der Waals surface area contributed by atoms with Gasteiger partial charge in [0.15, 0.2) is 0 Å². The Balaban J connectivity index is 2.24. The third-order valence-electron chi connectivity index (χ3n) is 1.66. The average molecular weight is 175 g/mol. The van der Waals surface area contributed by atoms with Crippen LogP contribution < -0.4 is 5.32 Å². The third kappa shape index (κ3) is 2.71. The van der Waals surface area contributed by atoms with Crippen LogP contribution in [-0.4, -0.2) is 34.7 Å². The van der Waals surface area contributed by atoms with Gasteiger partial charge < -0.3 is 10.4 Å². The van der Waals surface area contributed by atoms with Gasteiger partial charge in [0.2, 0.25) is 5.91 Å². The van der Waals surface area contributed by atoms with Crippen molar-refractivity contribution in [2.45, 2.75) is 25.5 Å². The molecule has 0 aliphatic carbocycles. The van der Waals surface area contributed by atoms with Crippen molar-refractivity contribution in [1.29, 1.82) is 0 Å². The third-order valence-corrected chi connectivity index (χ3v) is 2.82. The van der Waals surface area contributed by atoms with Crippen molar-refractivity contribution >= 4 is 17.7 Å². The molecule has 11 heavy (non-hydrogen) atoms. The average Bonchev–Trinajstić information content (AvgIpc) is 2.39. The first-order valence-corrected chi connectivity index (χ1v) is 4.92. The highest BCUT2D eigenvalue weighted by atomic mass is 32.2. The van der Waals surface area contributed by atoms with Gasteiger partial charge in [0.1, 0.15) is 6.10 Å². The number of nitrogens with one attached hydrogen (secondary N) is 1. The van der Waals surface area contributed by atoms with E-state index in [-0.39, 0.29) is 11.9 Å². The minimum atomic E-state index is -0.874. The predicted molar refractivity (Wildman–Crippen MR) is 45.6 cm³/mol. The van der Waals surface area contributed by atoms with E-state index >= 15 is 0 Å². The Morgan fingerprint density at radius 2 is 2.55 bits per heavy atom. The molecule has 2 atom stereocenters. The number of thioether (sulfide) groups is 1. The van der Waals surface area contributed by atoms with E-state index in [4.69, 9.17) is 5.11 Å². The van der Waals surface area contributed by atoms with Crippen LogP contribution in [0.25, 0.3) is 0 Å². The Morgan fingerprint density at radius 3 is 3.00 bits per heavy atom. The highest BCUT2D eigenvalue weighted by Crippen LogP contribution is 2.16. The first kappa shape index (κ1) is 8.87. The summed E-state index contributed by atoms with van der Waals surface area (Å²) < 4.78 is 0. The minimum Gasteiger partial charge on any atom is -0.384 e. The maximum Gasteiger partial charge on any atom is 0.248 e. The summed E-state index contributed by atoms with van der Waals surface area (Å²) in [5, 5.41) is 11.6. The van der Waals surface area contributed by atoms with Gasteiger partial charge in [-0.05, 0) is 19.1 Å². The standard InChI is InChI=1S/C7H13NO2S/c1-5(9)7(10)8-6-2-3-11-4-6/h5-6,9H,2-4H2,1H3,(H,8,10)/t5-,6?/m0/s1. The molecule has 2 N–H and O–H groups in total. The van der Waals surface area contributed by atoms with Crippen molar-refractivity contribution < 1.29 is 9.90 Å².